The van der Waals surface area contributed by atoms with Crippen molar-refractivity contribution in [1.82, 2.24) is 15.3 Å². The van der Waals surface area contributed by atoms with Crippen molar-refractivity contribution in [3.8, 4) is 0 Å². The standard InChI is InChI=1S/C31H40N4O.C2H6.2H2/c1-20(15-22(3)36-6)7-8-21(2)23-9-11-24(12-10-23)27-14-13-25(19-33-27)30-34-28-16-26(18-32)31(4,5)17-29(28)35-30;1-2;;/h9-14,16-21,26-27,32-33H,3,7-8,15H2,1-2,4-6H3,(H,34,35);1-2H3;2*1H. The summed E-state index contributed by atoms with van der Waals surface area (Å²) in [5.74, 6) is 2.88. The Hall–Kier alpha value is -3.34. The Labute approximate surface area is 232 Å². The van der Waals surface area contributed by atoms with Crippen LogP contribution in [0.15, 0.2) is 55.0 Å². The molecule has 2 aromatic rings. The summed E-state index contributed by atoms with van der Waals surface area (Å²) in [6.07, 6.45) is 15.4. The maximum atomic E-state index is 7.75. The van der Waals surface area contributed by atoms with Gasteiger partial charge in [0, 0.05) is 33.2 Å². The number of dihydropyridines is 1. The SMILES string of the molecule is C=C(CC(C)CCC(C)c1ccc(C2C=CC(c3nc4c([nH]3)=CC(C)(C)C(C=N)C=4)=CN2)cc1)OC.CC.[HH].[HH]. The van der Waals surface area contributed by atoms with Crippen LogP contribution in [0.4, 0.5) is 0 Å². The van der Waals surface area contributed by atoms with Gasteiger partial charge in [-0.2, -0.15) is 0 Å². The third-order valence-corrected chi connectivity index (χ3v) is 7.64. The normalized spacial score (nSPS) is 20.7. The van der Waals surface area contributed by atoms with E-state index in [1.54, 1.807) is 7.11 Å². The number of hydrogen-bond acceptors (Lipinski definition) is 4. The number of allylic oxidation sites excluding steroid dienone is 3. The molecule has 5 heteroatoms. The highest BCUT2D eigenvalue weighted by Gasteiger charge is 2.27. The van der Waals surface area contributed by atoms with Gasteiger partial charge in [0.15, 0.2) is 0 Å². The number of H-pyrrole nitrogens is 1. The Kier molecular flexibility index (Phi) is 9.96. The van der Waals surface area contributed by atoms with Gasteiger partial charge in [-0.15, -0.1) is 0 Å². The Morgan fingerprint density at radius 3 is 2.53 bits per heavy atom. The molecule has 4 rings (SSSR count). The molecule has 0 saturated heterocycles. The first-order valence-electron chi connectivity index (χ1n) is 14.0. The van der Waals surface area contributed by atoms with Crippen molar-refractivity contribution >= 4 is 23.9 Å². The second kappa shape index (κ2) is 12.9. The fourth-order valence-electron chi connectivity index (χ4n) is 5.03. The number of benzene rings is 1. The minimum atomic E-state index is -0.0975. The zero-order valence-corrected chi connectivity index (χ0v) is 24.3. The van der Waals surface area contributed by atoms with Gasteiger partial charge in [0.25, 0.3) is 0 Å². The molecule has 0 saturated carbocycles. The first-order valence-corrected chi connectivity index (χ1v) is 14.0. The van der Waals surface area contributed by atoms with Crippen molar-refractivity contribution in [2.45, 2.75) is 72.8 Å². The van der Waals surface area contributed by atoms with Gasteiger partial charge in [-0.1, -0.05) is 90.6 Å². The lowest BCUT2D eigenvalue weighted by atomic mass is 9.77. The Morgan fingerprint density at radius 2 is 1.92 bits per heavy atom. The minimum Gasteiger partial charge on any atom is -0.502 e. The second-order valence-corrected chi connectivity index (χ2v) is 11.0. The van der Waals surface area contributed by atoms with Crippen LogP contribution in [0.1, 0.15) is 92.6 Å². The number of nitrogens with zero attached hydrogens (tertiary/aromatic N) is 1. The number of nitrogens with one attached hydrogen (secondary N) is 3. The predicted octanol–water partition coefficient (Wildman–Crippen LogP) is 7.11. The average Bonchev–Trinajstić information content (AvgIpc) is 3.34. The van der Waals surface area contributed by atoms with E-state index < -0.39 is 0 Å². The van der Waals surface area contributed by atoms with E-state index in [0.717, 1.165) is 47.1 Å². The van der Waals surface area contributed by atoms with Crippen LogP contribution in [0.5, 0.6) is 0 Å². The fourth-order valence-corrected chi connectivity index (χ4v) is 5.03. The molecule has 0 amide bonds. The molecule has 1 aromatic heterocycles. The summed E-state index contributed by atoms with van der Waals surface area (Å²) >= 11 is 0. The molecule has 0 spiro atoms. The molecule has 0 radical (unpaired) electrons. The molecule has 2 aliphatic rings. The van der Waals surface area contributed by atoms with Crippen LogP contribution in [-0.4, -0.2) is 23.3 Å². The largest absolute Gasteiger partial charge is 0.502 e. The zero-order chi connectivity index (χ0) is 27.9. The van der Waals surface area contributed by atoms with Crippen molar-refractivity contribution in [2.24, 2.45) is 17.3 Å². The lowest BCUT2D eigenvalue weighted by molar-refractivity contribution is 0.260. The molecule has 4 atom stereocenters. The number of aromatic nitrogens is 2. The van der Waals surface area contributed by atoms with E-state index in [9.17, 15) is 0 Å². The van der Waals surface area contributed by atoms with E-state index in [4.69, 9.17) is 15.1 Å². The summed E-state index contributed by atoms with van der Waals surface area (Å²) in [7, 11) is 1.70. The number of aromatic amines is 1. The number of hydrogen-bond donors (Lipinski definition) is 3. The number of ether oxygens (including phenoxy) is 1. The van der Waals surface area contributed by atoms with Gasteiger partial charge in [-0.25, -0.2) is 4.98 Å². The first kappa shape index (κ1) is 29.2. The highest BCUT2D eigenvalue weighted by molar-refractivity contribution is 5.73. The van der Waals surface area contributed by atoms with Gasteiger partial charge >= 0.3 is 0 Å². The Bertz CT molecular complexity index is 1290. The smallest absolute Gasteiger partial charge is 0.139 e. The molecule has 208 valence electrons. The van der Waals surface area contributed by atoms with E-state index >= 15 is 0 Å². The van der Waals surface area contributed by atoms with Crippen LogP contribution in [0.25, 0.3) is 17.7 Å². The van der Waals surface area contributed by atoms with Crippen LogP contribution in [-0.2, 0) is 4.74 Å². The molecule has 4 unspecified atom stereocenters. The molecule has 1 aliphatic heterocycles. The topological polar surface area (TPSA) is 73.8 Å². The molecule has 1 aromatic carbocycles. The average molecular weight is 519 g/mol. The number of fused-ring (bicyclic) bond motifs is 1. The maximum absolute atomic E-state index is 7.75. The van der Waals surface area contributed by atoms with Gasteiger partial charge in [-0.05, 0) is 47.3 Å². The van der Waals surface area contributed by atoms with Crippen LogP contribution >= 0.6 is 0 Å². The zero-order valence-electron chi connectivity index (χ0n) is 24.3. The van der Waals surface area contributed by atoms with E-state index in [2.05, 4.69) is 93.1 Å². The monoisotopic (exact) mass is 518 g/mol. The van der Waals surface area contributed by atoms with E-state index in [1.807, 2.05) is 20.0 Å². The van der Waals surface area contributed by atoms with E-state index in [1.165, 1.54) is 17.3 Å². The molecule has 2 heterocycles. The molecule has 1 aliphatic carbocycles. The third-order valence-electron chi connectivity index (χ3n) is 7.64. The molecule has 0 bridgehead atoms. The molecule has 3 N–H and O–H groups in total. The highest BCUT2D eigenvalue weighted by atomic mass is 16.5. The second-order valence-electron chi connectivity index (χ2n) is 11.0. The molecular weight excluding hydrogens is 468 g/mol. The Morgan fingerprint density at radius 1 is 1.21 bits per heavy atom. The predicted molar refractivity (Wildman–Crippen MR) is 165 cm³/mol. The lowest BCUT2D eigenvalue weighted by Gasteiger charge is -2.27. The van der Waals surface area contributed by atoms with Gasteiger partial charge in [0.05, 0.1) is 29.6 Å². The van der Waals surface area contributed by atoms with Gasteiger partial charge < -0.3 is 20.4 Å². The molecule has 38 heavy (non-hydrogen) atoms. The van der Waals surface area contributed by atoms with Crippen LogP contribution in [0.3, 0.4) is 0 Å². The van der Waals surface area contributed by atoms with Crippen molar-refractivity contribution in [1.29, 1.82) is 5.41 Å². The van der Waals surface area contributed by atoms with Gasteiger partial charge in [0.1, 0.15) is 5.82 Å². The minimum absolute atomic E-state index is 0. The van der Waals surface area contributed by atoms with Crippen molar-refractivity contribution < 1.29 is 7.59 Å². The Balaban J connectivity index is 0.00000196. The summed E-state index contributed by atoms with van der Waals surface area (Å²) in [5.41, 5.74) is 3.56. The quantitative estimate of drug-likeness (QED) is 0.232. The summed E-state index contributed by atoms with van der Waals surface area (Å²) < 4.78 is 5.22. The maximum Gasteiger partial charge on any atom is 0.139 e. The fraction of sp³-hybridized carbons (Fsp3) is 0.455. The first-order chi connectivity index (χ1) is 18.2. The van der Waals surface area contributed by atoms with Gasteiger partial charge in [0.2, 0.25) is 0 Å². The molecule has 5 nitrogen and oxygen atoms in total. The molecular formula is C33H50N4O. The van der Waals surface area contributed by atoms with Crippen LogP contribution in [0.2, 0.25) is 0 Å². The van der Waals surface area contributed by atoms with Crippen LogP contribution < -0.4 is 16.0 Å². The van der Waals surface area contributed by atoms with E-state index in [0.29, 0.717) is 11.8 Å². The van der Waals surface area contributed by atoms with Crippen molar-refractivity contribution in [3.63, 3.8) is 0 Å². The number of methoxy groups -OCH3 is 1. The van der Waals surface area contributed by atoms with Crippen LogP contribution in [0, 0.1) is 22.7 Å². The van der Waals surface area contributed by atoms with Crippen molar-refractivity contribution in [2.75, 3.05) is 7.11 Å². The summed E-state index contributed by atoms with van der Waals surface area (Å²) in [4.78, 5) is 8.27. The van der Waals surface area contributed by atoms with E-state index in [-0.39, 0.29) is 20.2 Å². The summed E-state index contributed by atoms with van der Waals surface area (Å²) in [6, 6.07) is 9.14. The number of imidazole rings is 1. The molecule has 0 fully saturated rings. The number of rotatable bonds is 10. The summed E-state index contributed by atoms with van der Waals surface area (Å²) in [5, 5.41) is 13.2. The van der Waals surface area contributed by atoms with Crippen molar-refractivity contribution in [3.05, 3.63) is 82.6 Å². The lowest BCUT2D eigenvalue weighted by Crippen LogP contribution is -2.37. The third kappa shape index (κ3) is 6.94. The summed E-state index contributed by atoms with van der Waals surface area (Å²) in [6.45, 7) is 16.8. The highest BCUT2D eigenvalue weighted by Crippen LogP contribution is 2.30. The van der Waals surface area contributed by atoms with Gasteiger partial charge in [-0.3, -0.25) is 0 Å².